The quantitative estimate of drug-likeness (QED) is 0.837. The van der Waals surface area contributed by atoms with E-state index in [1.54, 1.807) is 6.07 Å². The molecule has 23 heavy (non-hydrogen) atoms. The topological polar surface area (TPSA) is 40.0 Å². The van der Waals surface area contributed by atoms with Crippen LogP contribution < -0.4 is 9.64 Å². The molecule has 128 valence electrons. The van der Waals surface area contributed by atoms with E-state index in [4.69, 9.17) is 9.47 Å². The number of esters is 1. The predicted octanol–water partition coefficient (Wildman–Crippen LogP) is 1.85. The van der Waals surface area contributed by atoms with E-state index in [9.17, 15) is 18.0 Å². The fourth-order valence-corrected chi connectivity index (χ4v) is 2.69. The van der Waals surface area contributed by atoms with Gasteiger partial charge in [-0.25, -0.2) is 4.79 Å². The van der Waals surface area contributed by atoms with E-state index in [1.165, 1.54) is 25.3 Å². The molecule has 0 spiro atoms. The number of piperidine rings is 1. The van der Waals surface area contributed by atoms with E-state index in [-0.39, 0.29) is 12.1 Å². The summed E-state index contributed by atoms with van der Waals surface area (Å²) in [6.45, 7) is 1.13. The summed E-state index contributed by atoms with van der Waals surface area (Å²) in [5.74, 6) is -0.590. The van der Waals surface area contributed by atoms with E-state index in [0.717, 1.165) is 24.2 Å². The highest BCUT2D eigenvalue weighted by Crippen LogP contribution is 2.24. The van der Waals surface area contributed by atoms with Crippen LogP contribution in [0.5, 0.6) is 5.75 Å². The van der Waals surface area contributed by atoms with Gasteiger partial charge in [0, 0.05) is 0 Å². The Hall–Kier alpha value is -1.76. The minimum Gasteiger partial charge on any atom is -0.497 e. The maximum absolute atomic E-state index is 13.2. The Labute approximate surface area is 133 Å². The van der Waals surface area contributed by atoms with E-state index < -0.39 is 18.2 Å². The standard InChI is InChI=1S/C16H20F3NO3/c1-22-13-7-5-6-12(10-13)15(21)23-14(16(17,18)19)11-20-8-3-2-4-9-20/h5-7,10,14H,2-4,8-9,11H2,1H3/p+1/t14-/m1/s1. The average molecular weight is 332 g/mol. The number of benzene rings is 1. The number of ether oxygens (including phenoxy) is 2. The summed E-state index contributed by atoms with van der Waals surface area (Å²) in [6.07, 6.45) is -3.80. The average Bonchev–Trinajstić information content (AvgIpc) is 2.54. The van der Waals surface area contributed by atoms with Crippen LogP contribution in [0.3, 0.4) is 0 Å². The monoisotopic (exact) mass is 332 g/mol. The lowest BCUT2D eigenvalue weighted by Crippen LogP contribution is -3.14. The Kier molecular flexibility index (Phi) is 5.87. The lowest BCUT2D eigenvalue weighted by molar-refractivity contribution is -0.909. The van der Waals surface area contributed by atoms with E-state index in [2.05, 4.69) is 0 Å². The fourth-order valence-electron chi connectivity index (χ4n) is 2.69. The molecular formula is C16H21F3NO3+. The Morgan fingerprint density at radius 3 is 2.57 bits per heavy atom. The highest BCUT2D eigenvalue weighted by atomic mass is 19.4. The second-order valence-electron chi connectivity index (χ2n) is 5.68. The van der Waals surface area contributed by atoms with Gasteiger partial charge in [0.05, 0.1) is 25.8 Å². The molecule has 0 saturated carbocycles. The van der Waals surface area contributed by atoms with Crippen LogP contribution in [0.4, 0.5) is 13.2 Å². The highest BCUT2D eigenvalue weighted by molar-refractivity contribution is 5.90. The first-order valence-electron chi connectivity index (χ1n) is 7.65. The number of carbonyl (C=O) groups excluding carboxylic acids is 1. The van der Waals surface area contributed by atoms with E-state index in [1.807, 2.05) is 0 Å². The van der Waals surface area contributed by atoms with Gasteiger partial charge in [-0.15, -0.1) is 0 Å². The molecule has 1 fully saturated rings. The Morgan fingerprint density at radius 1 is 1.26 bits per heavy atom. The van der Waals surface area contributed by atoms with Crippen LogP contribution in [0.15, 0.2) is 24.3 Å². The number of nitrogens with one attached hydrogen (secondary N) is 1. The Balaban J connectivity index is 2.05. The third-order valence-electron chi connectivity index (χ3n) is 3.95. The van der Waals surface area contributed by atoms with Crippen molar-refractivity contribution in [2.45, 2.75) is 31.5 Å². The number of quaternary nitrogens is 1. The van der Waals surface area contributed by atoms with Gasteiger partial charge in [0.2, 0.25) is 6.10 Å². The second kappa shape index (κ2) is 7.68. The van der Waals surface area contributed by atoms with Gasteiger partial charge >= 0.3 is 12.1 Å². The fraction of sp³-hybridized carbons (Fsp3) is 0.562. The Bertz CT molecular complexity index is 528. The molecular weight excluding hydrogens is 311 g/mol. The molecule has 0 bridgehead atoms. The van der Waals surface area contributed by atoms with Gasteiger partial charge in [0.25, 0.3) is 0 Å². The van der Waals surface area contributed by atoms with Crippen LogP contribution in [0.25, 0.3) is 0 Å². The summed E-state index contributed by atoms with van der Waals surface area (Å²) in [5.41, 5.74) is 0.0484. The molecule has 1 aliphatic heterocycles. The predicted molar refractivity (Wildman–Crippen MR) is 77.7 cm³/mol. The van der Waals surface area contributed by atoms with Crippen molar-refractivity contribution in [1.29, 1.82) is 0 Å². The summed E-state index contributed by atoms with van der Waals surface area (Å²) < 4.78 is 49.3. The van der Waals surface area contributed by atoms with E-state index in [0.29, 0.717) is 18.8 Å². The molecule has 0 aromatic heterocycles. The number of hydrogen-bond acceptors (Lipinski definition) is 3. The third-order valence-corrected chi connectivity index (χ3v) is 3.95. The molecule has 0 amide bonds. The smallest absolute Gasteiger partial charge is 0.431 e. The van der Waals surface area contributed by atoms with Crippen molar-refractivity contribution in [3.05, 3.63) is 29.8 Å². The van der Waals surface area contributed by atoms with Gasteiger partial charge in [0.15, 0.2) is 0 Å². The minimum absolute atomic E-state index is 0.0484. The number of hydrogen-bond donors (Lipinski definition) is 1. The number of likely N-dealkylation sites (tertiary alicyclic amines) is 1. The van der Waals surface area contributed by atoms with Gasteiger partial charge in [-0.2, -0.15) is 13.2 Å². The number of carbonyl (C=O) groups is 1. The first-order valence-corrected chi connectivity index (χ1v) is 7.65. The van der Waals surface area contributed by atoms with Crippen LogP contribution in [0.2, 0.25) is 0 Å². The molecule has 4 nitrogen and oxygen atoms in total. The number of rotatable bonds is 5. The number of methoxy groups -OCH3 is 1. The van der Waals surface area contributed by atoms with Gasteiger partial charge in [0.1, 0.15) is 12.3 Å². The maximum Gasteiger partial charge on any atom is 0.431 e. The largest absolute Gasteiger partial charge is 0.497 e. The van der Waals surface area contributed by atoms with Crippen molar-refractivity contribution in [2.75, 3.05) is 26.7 Å². The minimum atomic E-state index is -4.57. The molecule has 7 heteroatoms. The van der Waals surface area contributed by atoms with Crippen molar-refractivity contribution in [3.63, 3.8) is 0 Å². The van der Waals surface area contributed by atoms with Gasteiger partial charge in [-0.05, 0) is 37.5 Å². The van der Waals surface area contributed by atoms with Crippen molar-refractivity contribution in [3.8, 4) is 5.75 Å². The van der Waals surface area contributed by atoms with Crippen LogP contribution in [-0.2, 0) is 4.74 Å². The first kappa shape index (κ1) is 17.6. The normalized spacial score (nSPS) is 17.6. The molecule has 1 aliphatic rings. The molecule has 1 heterocycles. The van der Waals surface area contributed by atoms with Gasteiger partial charge in [-0.1, -0.05) is 6.07 Å². The lowest BCUT2D eigenvalue weighted by atomic mass is 10.1. The lowest BCUT2D eigenvalue weighted by Gasteiger charge is -2.28. The first-order chi connectivity index (χ1) is 10.9. The maximum atomic E-state index is 13.2. The van der Waals surface area contributed by atoms with E-state index >= 15 is 0 Å². The summed E-state index contributed by atoms with van der Waals surface area (Å²) in [7, 11) is 1.42. The third kappa shape index (κ3) is 5.13. The molecule has 0 radical (unpaired) electrons. The SMILES string of the molecule is COc1cccc(C(=O)O[C@H](C[NH+]2CCCCC2)C(F)(F)F)c1. The molecule has 1 aromatic rings. The van der Waals surface area contributed by atoms with Crippen LogP contribution in [0, 0.1) is 0 Å². The zero-order valence-corrected chi connectivity index (χ0v) is 13.0. The molecule has 1 aromatic carbocycles. The van der Waals surface area contributed by atoms with Crippen molar-refractivity contribution in [2.24, 2.45) is 0 Å². The summed E-state index contributed by atoms with van der Waals surface area (Å²) in [5, 5.41) is 0. The van der Waals surface area contributed by atoms with Gasteiger partial charge < -0.3 is 14.4 Å². The molecule has 0 aliphatic carbocycles. The summed E-state index contributed by atoms with van der Waals surface area (Å²) >= 11 is 0. The summed E-state index contributed by atoms with van der Waals surface area (Å²) in [4.78, 5) is 12.9. The zero-order valence-electron chi connectivity index (χ0n) is 13.0. The Morgan fingerprint density at radius 2 is 1.96 bits per heavy atom. The van der Waals surface area contributed by atoms with Crippen LogP contribution >= 0.6 is 0 Å². The number of halogens is 3. The molecule has 1 saturated heterocycles. The molecule has 1 N–H and O–H groups in total. The van der Waals surface area contributed by atoms with Crippen LogP contribution in [-0.4, -0.2) is 45.0 Å². The molecule has 1 atom stereocenters. The summed E-state index contributed by atoms with van der Waals surface area (Å²) in [6, 6.07) is 5.92. The second-order valence-corrected chi connectivity index (χ2v) is 5.68. The van der Waals surface area contributed by atoms with Gasteiger partial charge in [-0.3, -0.25) is 0 Å². The highest BCUT2D eigenvalue weighted by Gasteiger charge is 2.45. The van der Waals surface area contributed by atoms with Crippen LogP contribution in [0.1, 0.15) is 29.6 Å². The zero-order chi connectivity index (χ0) is 16.9. The molecule has 2 rings (SSSR count). The van der Waals surface area contributed by atoms with Crippen molar-refractivity contribution in [1.82, 2.24) is 0 Å². The van der Waals surface area contributed by atoms with Crippen molar-refractivity contribution >= 4 is 5.97 Å². The molecule has 0 unspecified atom stereocenters. The van der Waals surface area contributed by atoms with Crippen molar-refractivity contribution < 1.29 is 32.3 Å². The number of alkyl halides is 3.